The first-order chi connectivity index (χ1) is 15.8. The van der Waals surface area contributed by atoms with Gasteiger partial charge in [-0.15, -0.1) is 0 Å². The van der Waals surface area contributed by atoms with Gasteiger partial charge in [-0.3, -0.25) is 9.10 Å². The van der Waals surface area contributed by atoms with Crippen LogP contribution in [0.1, 0.15) is 5.56 Å². The summed E-state index contributed by atoms with van der Waals surface area (Å²) in [6, 6.07) is 20.1. The number of anilines is 1. The summed E-state index contributed by atoms with van der Waals surface area (Å²) >= 11 is 6.09. The zero-order chi connectivity index (χ0) is 23.4. The summed E-state index contributed by atoms with van der Waals surface area (Å²) in [5.41, 5.74) is 1.22. The summed E-state index contributed by atoms with van der Waals surface area (Å²) < 4.78 is 39.3. The average Bonchev–Trinajstić information content (AvgIpc) is 2.81. The van der Waals surface area contributed by atoms with Crippen LogP contribution in [0.3, 0.4) is 0 Å². The third-order valence-electron chi connectivity index (χ3n) is 5.09. The monoisotopic (exact) mass is 486 g/mol. The molecule has 0 unspecified atom stereocenters. The molecule has 0 saturated carbocycles. The van der Waals surface area contributed by atoms with Gasteiger partial charge in [0.15, 0.2) is 11.5 Å². The fourth-order valence-corrected chi connectivity index (χ4v) is 4.96. The minimum absolute atomic E-state index is 0.0847. The molecule has 33 heavy (non-hydrogen) atoms. The lowest BCUT2D eigenvalue weighted by Crippen LogP contribution is -2.45. The van der Waals surface area contributed by atoms with Crippen LogP contribution in [0.2, 0.25) is 5.02 Å². The molecule has 3 aromatic carbocycles. The minimum atomic E-state index is -4.01. The Morgan fingerprint density at radius 2 is 1.79 bits per heavy atom. The highest BCUT2D eigenvalue weighted by molar-refractivity contribution is 7.92. The number of hydrogen-bond donors (Lipinski definition) is 1. The van der Waals surface area contributed by atoms with Crippen molar-refractivity contribution in [3.63, 3.8) is 0 Å². The zero-order valence-electron chi connectivity index (χ0n) is 17.9. The van der Waals surface area contributed by atoms with E-state index in [1.807, 2.05) is 25.1 Å². The summed E-state index contributed by atoms with van der Waals surface area (Å²) in [5.74, 6) is 0.773. The van der Waals surface area contributed by atoms with Crippen LogP contribution in [-0.2, 0) is 14.8 Å². The molecule has 0 bridgehead atoms. The maximum absolute atomic E-state index is 13.4. The largest absolute Gasteiger partial charge is 0.486 e. The predicted octanol–water partition coefficient (Wildman–Crippen LogP) is 3.80. The standard InChI is InChI=1S/C24H23ClN2O5S/c1-17-9-11-21(12-10-17)33(29,30)27(19-6-4-5-18(25)13-19)15-24(28)26-14-20-16-31-22-7-2-3-8-23(22)32-20/h2-13,20H,14-16H2,1H3,(H,26,28)/t20-/m0/s1. The van der Waals surface area contributed by atoms with Crippen molar-refractivity contribution in [1.29, 1.82) is 0 Å². The van der Waals surface area contributed by atoms with Gasteiger partial charge in [0.25, 0.3) is 10.0 Å². The Bertz CT molecular complexity index is 1250. The van der Waals surface area contributed by atoms with Gasteiger partial charge in [-0.1, -0.05) is 47.5 Å². The Morgan fingerprint density at radius 3 is 2.52 bits per heavy atom. The number of carbonyl (C=O) groups is 1. The molecule has 1 aliphatic rings. The lowest BCUT2D eigenvalue weighted by atomic mass is 10.2. The molecular formula is C24H23ClN2O5S. The number of aryl methyl sites for hydroxylation is 1. The second-order valence-corrected chi connectivity index (χ2v) is 9.91. The number of benzene rings is 3. The second kappa shape index (κ2) is 9.72. The van der Waals surface area contributed by atoms with Crippen molar-refractivity contribution in [2.75, 3.05) is 24.0 Å². The highest BCUT2D eigenvalue weighted by atomic mass is 35.5. The molecule has 0 spiro atoms. The Morgan fingerprint density at radius 1 is 1.06 bits per heavy atom. The molecule has 0 saturated heterocycles. The SMILES string of the molecule is Cc1ccc(S(=O)(=O)N(CC(=O)NC[C@H]2COc3ccccc3O2)c2cccc(Cl)c2)cc1. The van der Waals surface area contributed by atoms with E-state index in [1.165, 1.54) is 18.2 Å². The molecule has 3 aromatic rings. The lowest BCUT2D eigenvalue weighted by molar-refractivity contribution is -0.120. The number of fused-ring (bicyclic) bond motifs is 1. The first-order valence-corrected chi connectivity index (χ1v) is 12.1. The van der Waals surface area contributed by atoms with E-state index in [4.69, 9.17) is 21.1 Å². The summed E-state index contributed by atoms with van der Waals surface area (Å²) in [7, 11) is -4.01. The van der Waals surface area contributed by atoms with Gasteiger partial charge in [-0.2, -0.15) is 0 Å². The van der Waals surface area contributed by atoms with Gasteiger partial charge < -0.3 is 14.8 Å². The summed E-state index contributed by atoms with van der Waals surface area (Å²) in [6.45, 7) is 1.90. The fraction of sp³-hybridized carbons (Fsp3) is 0.208. The summed E-state index contributed by atoms with van der Waals surface area (Å²) in [5, 5.41) is 3.11. The highest BCUT2D eigenvalue weighted by Crippen LogP contribution is 2.31. The molecule has 7 nitrogen and oxygen atoms in total. The third kappa shape index (κ3) is 5.40. The smallest absolute Gasteiger partial charge is 0.264 e. The van der Waals surface area contributed by atoms with E-state index in [2.05, 4.69) is 5.32 Å². The Kier molecular flexibility index (Phi) is 6.76. The molecule has 0 aromatic heterocycles. The van der Waals surface area contributed by atoms with Crippen molar-refractivity contribution in [3.05, 3.63) is 83.4 Å². The van der Waals surface area contributed by atoms with Crippen molar-refractivity contribution >= 4 is 33.2 Å². The number of amides is 1. The third-order valence-corrected chi connectivity index (χ3v) is 7.11. The van der Waals surface area contributed by atoms with E-state index in [0.717, 1.165) is 9.87 Å². The van der Waals surface area contributed by atoms with Crippen LogP contribution in [0, 0.1) is 6.92 Å². The molecule has 1 heterocycles. The molecule has 0 radical (unpaired) electrons. The number of para-hydroxylation sites is 2. The van der Waals surface area contributed by atoms with E-state index in [0.29, 0.717) is 22.2 Å². The number of rotatable bonds is 7. The zero-order valence-corrected chi connectivity index (χ0v) is 19.5. The average molecular weight is 487 g/mol. The van der Waals surface area contributed by atoms with Crippen LogP contribution in [0.4, 0.5) is 5.69 Å². The number of carbonyl (C=O) groups excluding carboxylic acids is 1. The molecule has 9 heteroatoms. The number of sulfonamides is 1. The highest BCUT2D eigenvalue weighted by Gasteiger charge is 2.28. The van der Waals surface area contributed by atoms with Crippen LogP contribution < -0.4 is 19.1 Å². The number of nitrogens with zero attached hydrogens (tertiary/aromatic N) is 1. The van der Waals surface area contributed by atoms with Gasteiger partial charge in [0, 0.05) is 5.02 Å². The maximum atomic E-state index is 13.4. The van der Waals surface area contributed by atoms with Gasteiger partial charge in [-0.25, -0.2) is 8.42 Å². The molecule has 0 aliphatic carbocycles. The van der Waals surface area contributed by atoms with Gasteiger partial charge in [0.2, 0.25) is 5.91 Å². The van der Waals surface area contributed by atoms with Crippen LogP contribution in [0.5, 0.6) is 11.5 Å². The quantitative estimate of drug-likeness (QED) is 0.549. The van der Waals surface area contributed by atoms with Crippen LogP contribution in [0.25, 0.3) is 0 Å². The molecule has 1 N–H and O–H groups in total. The normalized spacial score (nSPS) is 15.0. The van der Waals surface area contributed by atoms with Crippen molar-refractivity contribution in [2.45, 2.75) is 17.9 Å². The first kappa shape index (κ1) is 22.9. The predicted molar refractivity (Wildman–Crippen MR) is 127 cm³/mol. The van der Waals surface area contributed by atoms with E-state index in [1.54, 1.807) is 36.4 Å². The van der Waals surface area contributed by atoms with Crippen molar-refractivity contribution in [3.8, 4) is 11.5 Å². The van der Waals surface area contributed by atoms with Crippen molar-refractivity contribution < 1.29 is 22.7 Å². The lowest BCUT2D eigenvalue weighted by Gasteiger charge is -2.27. The maximum Gasteiger partial charge on any atom is 0.264 e. The van der Waals surface area contributed by atoms with E-state index in [9.17, 15) is 13.2 Å². The number of halogens is 1. The van der Waals surface area contributed by atoms with Crippen LogP contribution in [0.15, 0.2) is 77.7 Å². The summed E-state index contributed by atoms with van der Waals surface area (Å²) in [4.78, 5) is 12.9. The van der Waals surface area contributed by atoms with Crippen LogP contribution in [-0.4, -0.2) is 40.1 Å². The fourth-order valence-electron chi connectivity index (χ4n) is 3.36. The Hall–Kier alpha value is -3.23. The molecule has 1 atom stereocenters. The van der Waals surface area contributed by atoms with Gasteiger partial charge in [0.1, 0.15) is 19.3 Å². The molecule has 172 valence electrons. The topological polar surface area (TPSA) is 84.9 Å². The summed E-state index contributed by atoms with van der Waals surface area (Å²) in [6.07, 6.45) is -0.392. The van der Waals surface area contributed by atoms with E-state index >= 15 is 0 Å². The number of ether oxygens (including phenoxy) is 2. The van der Waals surface area contributed by atoms with E-state index in [-0.39, 0.29) is 18.0 Å². The van der Waals surface area contributed by atoms with Gasteiger partial charge in [0.05, 0.1) is 17.1 Å². The van der Waals surface area contributed by atoms with Gasteiger partial charge in [-0.05, 0) is 49.4 Å². The van der Waals surface area contributed by atoms with Crippen molar-refractivity contribution in [2.24, 2.45) is 0 Å². The van der Waals surface area contributed by atoms with Gasteiger partial charge >= 0.3 is 0 Å². The number of nitrogens with one attached hydrogen (secondary N) is 1. The molecule has 4 rings (SSSR count). The minimum Gasteiger partial charge on any atom is -0.486 e. The Labute approximate surface area is 197 Å². The Balaban J connectivity index is 1.49. The molecule has 0 fully saturated rings. The molecule has 1 amide bonds. The number of hydrogen-bond acceptors (Lipinski definition) is 5. The first-order valence-electron chi connectivity index (χ1n) is 10.3. The molecule has 1 aliphatic heterocycles. The van der Waals surface area contributed by atoms with Crippen LogP contribution >= 0.6 is 11.6 Å². The molecular weight excluding hydrogens is 464 g/mol. The van der Waals surface area contributed by atoms with Crippen molar-refractivity contribution in [1.82, 2.24) is 5.32 Å². The van der Waals surface area contributed by atoms with E-state index < -0.39 is 28.6 Å². The second-order valence-electron chi connectivity index (χ2n) is 7.61.